The molecule has 0 unspecified atom stereocenters. The van der Waals surface area contributed by atoms with E-state index in [1.54, 1.807) is 0 Å². The molecule has 62 valence electrons. The van der Waals surface area contributed by atoms with Crippen molar-refractivity contribution in [3.05, 3.63) is 0 Å². The van der Waals surface area contributed by atoms with Crippen LogP contribution in [0.4, 0.5) is 0 Å². The lowest BCUT2D eigenvalue weighted by molar-refractivity contribution is 0.201. The summed E-state index contributed by atoms with van der Waals surface area (Å²) >= 11 is 0. The lowest BCUT2D eigenvalue weighted by Crippen LogP contribution is -2.22. The van der Waals surface area contributed by atoms with Crippen LogP contribution in [0.15, 0.2) is 0 Å². The molecule has 1 aliphatic rings. The first kappa shape index (κ1) is 8.59. The molecular formula is C10H17N. The molecule has 1 aliphatic carbocycles. The van der Waals surface area contributed by atoms with E-state index in [-0.39, 0.29) is 0 Å². The van der Waals surface area contributed by atoms with Crippen LogP contribution in [0.25, 0.3) is 0 Å². The Hall–Kier alpha value is -0.510. The normalized spacial score (nSPS) is 35.1. The molecule has 1 nitrogen and oxygen atoms in total. The summed E-state index contributed by atoms with van der Waals surface area (Å²) in [5, 5.41) is 8.60. The molecule has 0 aromatic carbocycles. The summed E-state index contributed by atoms with van der Waals surface area (Å²) in [6.45, 7) is 6.90. The van der Waals surface area contributed by atoms with Crippen LogP contribution in [-0.2, 0) is 0 Å². The molecule has 0 aliphatic heterocycles. The van der Waals surface area contributed by atoms with E-state index in [0.29, 0.717) is 11.3 Å². The zero-order valence-corrected chi connectivity index (χ0v) is 7.72. The summed E-state index contributed by atoms with van der Waals surface area (Å²) in [6.07, 6.45) is 3.30. The monoisotopic (exact) mass is 151 g/mol. The Morgan fingerprint density at radius 2 is 2.09 bits per heavy atom. The fourth-order valence-corrected chi connectivity index (χ4v) is 2.07. The molecule has 0 aromatic heterocycles. The highest BCUT2D eigenvalue weighted by Crippen LogP contribution is 2.48. The van der Waals surface area contributed by atoms with Gasteiger partial charge in [0.1, 0.15) is 0 Å². The molecule has 1 saturated carbocycles. The van der Waals surface area contributed by atoms with Crippen LogP contribution >= 0.6 is 0 Å². The lowest BCUT2D eigenvalue weighted by Gasteiger charge is -2.29. The van der Waals surface area contributed by atoms with Crippen LogP contribution in [-0.4, -0.2) is 0 Å². The Bertz CT molecular complexity index is 176. The smallest absolute Gasteiger partial charge is 0.0624 e. The Morgan fingerprint density at radius 3 is 2.45 bits per heavy atom. The van der Waals surface area contributed by atoms with Gasteiger partial charge in [-0.1, -0.05) is 20.8 Å². The van der Waals surface area contributed by atoms with Crippen molar-refractivity contribution in [3.63, 3.8) is 0 Å². The van der Waals surface area contributed by atoms with Crippen molar-refractivity contribution in [3.8, 4) is 6.07 Å². The molecule has 0 radical (unpaired) electrons. The maximum atomic E-state index is 8.60. The van der Waals surface area contributed by atoms with Gasteiger partial charge in [0.15, 0.2) is 0 Å². The Kier molecular flexibility index (Phi) is 2.23. The molecule has 0 heterocycles. The topological polar surface area (TPSA) is 23.8 Å². The summed E-state index contributed by atoms with van der Waals surface area (Å²) in [6, 6.07) is 2.29. The van der Waals surface area contributed by atoms with Crippen molar-refractivity contribution in [2.24, 2.45) is 17.3 Å². The average molecular weight is 151 g/mol. The van der Waals surface area contributed by atoms with Gasteiger partial charge in [0.05, 0.1) is 6.07 Å². The summed E-state index contributed by atoms with van der Waals surface area (Å²) in [4.78, 5) is 0. The van der Waals surface area contributed by atoms with Crippen LogP contribution in [0.5, 0.6) is 0 Å². The molecule has 0 N–H and O–H groups in total. The SMILES string of the molecule is C[C@H]1CC[C@H](CC#N)C1(C)C. The highest BCUT2D eigenvalue weighted by atomic mass is 14.4. The second-order valence-corrected chi connectivity index (χ2v) is 4.36. The third-order valence-corrected chi connectivity index (χ3v) is 3.61. The van der Waals surface area contributed by atoms with E-state index >= 15 is 0 Å². The van der Waals surface area contributed by atoms with Crippen molar-refractivity contribution < 1.29 is 0 Å². The van der Waals surface area contributed by atoms with Gasteiger partial charge in [-0.3, -0.25) is 0 Å². The fraction of sp³-hybridized carbons (Fsp3) is 0.900. The first-order chi connectivity index (χ1) is 5.09. The van der Waals surface area contributed by atoms with Crippen LogP contribution in [0.3, 0.4) is 0 Å². The highest BCUT2D eigenvalue weighted by molar-refractivity contribution is 4.93. The molecule has 0 amide bonds. The van der Waals surface area contributed by atoms with E-state index in [2.05, 4.69) is 26.8 Å². The van der Waals surface area contributed by atoms with E-state index in [1.165, 1.54) is 12.8 Å². The molecule has 0 spiro atoms. The van der Waals surface area contributed by atoms with E-state index < -0.39 is 0 Å². The zero-order chi connectivity index (χ0) is 8.48. The Labute approximate surface area is 69.4 Å². The highest BCUT2D eigenvalue weighted by Gasteiger charge is 2.39. The molecular weight excluding hydrogens is 134 g/mol. The van der Waals surface area contributed by atoms with Crippen molar-refractivity contribution in [2.45, 2.75) is 40.0 Å². The lowest BCUT2D eigenvalue weighted by atomic mass is 9.75. The predicted molar refractivity (Wildman–Crippen MR) is 45.9 cm³/mol. The quantitative estimate of drug-likeness (QED) is 0.565. The zero-order valence-electron chi connectivity index (χ0n) is 7.72. The number of nitriles is 1. The van der Waals surface area contributed by atoms with E-state index in [0.717, 1.165) is 12.3 Å². The van der Waals surface area contributed by atoms with Crippen molar-refractivity contribution >= 4 is 0 Å². The first-order valence-corrected chi connectivity index (χ1v) is 4.46. The molecule has 0 aromatic rings. The Balaban J connectivity index is 2.64. The largest absolute Gasteiger partial charge is 0.198 e. The minimum absolute atomic E-state index is 0.399. The standard InChI is InChI=1S/C10H17N/c1-8-4-5-9(6-7-11)10(8,2)3/h8-9H,4-6H2,1-3H3/t8-,9+/m0/s1. The predicted octanol–water partition coefficient (Wildman–Crippen LogP) is 2.97. The summed E-state index contributed by atoms with van der Waals surface area (Å²) in [7, 11) is 0. The van der Waals surface area contributed by atoms with Gasteiger partial charge in [-0.15, -0.1) is 0 Å². The van der Waals surface area contributed by atoms with Crippen LogP contribution in [0.2, 0.25) is 0 Å². The van der Waals surface area contributed by atoms with Gasteiger partial charge in [0.25, 0.3) is 0 Å². The van der Waals surface area contributed by atoms with Crippen molar-refractivity contribution in [1.29, 1.82) is 5.26 Å². The second kappa shape index (κ2) is 2.85. The fourth-order valence-electron chi connectivity index (χ4n) is 2.07. The van der Waals surface area contributed by atoms with Crippen LogP contribution < -0.4 is 0 Å². The van der Waals surface area contributed by atoms with Crippen molar-refractivity contribution in [2.75, 3.05) is 0 Å². The molecule has 1 rings (SSSR count). The molecule has 2 atom stereocenters. The average Bonchev–Trinajstić information content (AvgIpc) is 2.16. The van der Waals surface area contributed by atoms with Gasteiger partial charge in [0, 0.05) is 6.42 Å². The van der Waals surface area contributed by atoms with Gasteiger partial charge in [-0.25, -0.2) is 0 Å². The Morgan fingerprint density at radius 1 is 1.45 bits per heavy atom. The van der Waals surface area contributed by atoms with Crippen LogP contribution in [0, 0.1) is 28.6 Å². The molecule has 0 bridgehead atoms. The van der Waals surface area contributed by atoms with Gasteiger partial charge in [0.2, 0.25) is 0 Å². The minimum Gasteiger partial charge on any atom is -0.198 e. The number of hydrogen-bond donors (Lipinski definition) is 0. The molecule has 11 heavy (non-hydrogen) atoms. The number of hydrogen-bond acceptors (Lipinski definition) is 1. The third kappa shape index (κ3) is 1.40. The minimum atomic E-state index is 0.399. The van der Waals surface area contributed by atoms with E-state index in [9.17, 15) is 0 Å². The van der Waals surface area contributed by atoms with Crippen molar-refractivity contribution in [1.82, 2.24) is 0 Å². The van der Waals surface area contributed by atoms with Gasteiger partial charge in [-0.2, -0.15) is 5.26 Å². The summed E-state index contributed by atoms with van der Waals surface area (Å²) in [5.41, 5.74) is 0.399. The van der Waals surface area contributed by atoms with Gasteiger partial charge >= 0.3 is 0 Å². The summed E-state index contributed by atoms with van der Waals surface area (Å²) in [5.74, 6) is 1.43. The molecule has 1 fully saturated rings. The molecule has 0 saturated heterocycles. The van der Waals surface area contributed by atoms with E-state index in [4.69, 9.17) is 5.26 Å². The second-order valence-electron chi connectivity index (χ2n) is 4.36. The molecule has 1 heteroatoms. The van der Waals surface area contributed by atoms with Crippen LogP contribution in [0.1, 0.15) is 40.0 Å². The maximum Gasteiger partial charge on any atom is 0.0624 e. The maximum absolute atomic E-state index is 8.60. The third-order valence-electron chi connectivity index (χ3n) is 3.61. The van der Waals surface area contributed by atoms with Gasteiger partial charge < -0.3 is 0 Å². The summed E-state index contributed by atoms with van der Waals surface area (Å²) < 4.78 is 0. The number of nitrogens with zero attached hydrogens (tertiary/aromatic N) is 1. The number of rotatable bonds is 1. The van der Waals surface area contributed by atoms with E-state index in [1.807, 2.05) is 0 Å². The van der Waals surface area contributed by atoms with Gasteiger partial charge in [-0.05, 0) is 30.1 Å². The first-order valence-electron chi connectivity index (χ1n) is 4.46.